The van der Waals surface area contributed by atoms with Gasteiger partial charge in [0.05, 0.1) is 12.1 Å². The summed E-state index contributed by atoms with van der Waals surface area (Å²) in [5.41, 5.74) is 1.21. The summed E-state index contributed by atoms with van der Waals surface area (Å²) in [6.45, 7) is 2.44. The fourth-order valence-corrected chi connectivity index (χ4v) is 4.57. The van der Waals surface area contributed by atoms with E-state index in [2.05, 4.69) is 4.90 Å². The quantitative estimate of drug-likeness (QED) is 0.788. The number of Topliss-reactive ketones (excluding diaryl/α,β-unsaturated/α-hetero) is 1. The number of hydrogen-bond donors (Lipinski definition) is 1. The van der Waals surface area contributed by atoms with Crippen LogP contribution in [-0.2, 0) is 0 Å². The van der Waals surface area contributed by atoms with Crippen molar-refractivity contribution < 1.29 is 19.1 Å². The largest absolute Gasteiger partial charge is 0.391 e. The van der Waals surface area contributed by atoms with E-state index in [1.165, 1.54) is 12.1 Å². The van der Waals surface area contributed by atoms with Gasteiger partial charge in [0.2, 0.25) is 0 Å². The average molecular weight is 410 g/mol. The van der Waals surface area contributed by atoms with E-state index < -0.39 is 6.10 Å². The summed E-state index contributed by atoms with van der Waals surface area (Å²) in [4.78, 5) is 29.6. The van der Waals surface area contributed by atoms with E-state index in [9.17, 15) is 19.1 Å². The van der Waals surface area contributed by atoms with Crippen molar-refractivity contribution in [3.8, 4) is 0 Å². The van der Waals surface area contributed by atoms with Crippen LogP contribution < -0.4 is 0 Å². The maximum atomic E-state index is 13.1. The highest BCUT2D eigenvalue weighted by Gasteiger charge is 2.37. The van der Waals surface area contributed by atoms with E-state index in [1.807, 2.05) is 35.2 Å². The normalized spacial score (nSPS) is 23.3. The molecule has 2 aliphatic heterocycles. The molecule has 0 unspecified atom stereocenters. The molecule has 2 aromatic rings. The first-order valence-corrected chi connectivity index (χ1v) is 10.6. The molecule has 0 bridgehead atoms. The fraction of sp³-hybridized carbons (Fsp3) is 0.417. The van der Waals surface area contributed by atoms with E-state index >= 15 is 0 Å². The van der Waals surface area contributed by atoms with Gasteiger partial charge in [0.1, 0.15) is 5.82 Å². The Hall–Kier alpha value is -2.57. The van der Waals surface area contributed by atoms with E-state index in [1.54, 1.807) is 12.1 Å². The molecule has 2 saturated heterocycles. The van der Waals surface area contributed by atoms with Gasteiger partial charge in [0, 0.05) is 30.1 Å². The van der Waals surface area contributed by atoms with Crippen molar-refractivity contribution in [1.29, 1.82) is 0 Å². The molecule has 5 nitrogen and oxygen atoms in total. The van der Waals surface area contributed by atoms with Crippen molar-refractivity contribution >= 4 is 11.7 Å². The second kappa shape index (κ2) is 9.06. The molecule has 4 rings (SSSR count). The van der Waals surface area contributed by atoms with Gasteiger partial charge in [-0.05, 0) is 68.8 Å². The fourth-order valence-electron chi connectivity index (χ4n) is 4.57. The van der Waals surface area contributed by atoms with E-state index in [0.717, 1.165) is 0 Å². The number of aliphatic hydroxyl groups is 1. The van der Waals surface area contributed by atoms with Gasteiger partial charge < -0.3 is 10.0 Å². The minimum Gasteiger partial charge on any atom is -0.391 e. The number of rotatable bonds is 4. The van der Waals surface area contributed by atoms with E-state index in [-0.39, 0.29) is 29.5 Å². The third-order valence-electron chi connectivity index (χ3n) is 6.35. The number of hydrogen-bond acceptors (Lipinski definition) is 4. The molecule has 0 spiro atoms. The smallest absolute Gasteiger partial charge is 0.253 e. The molecule has 6 heteroatoms. The number of nitrogens with zero attached hydrogens (tertiary/aromatic N) is 2. The van der Waals surface area contributed by atoms with Crippen LogP contribution in [0.3, 0.4) is 0 Å². The molecular formula is C24H27FN2O3. The lowest BCUT2D eigenvalue weighted by molar-refractivity contribution is -0.0175. The van der Waals surface area contributed by atoms with Crippen LogP contribution in [0.5, 0.6) is 0 Å². The Kier molecular flexibility index (Phi) is 6.25. The highest BCUT2D eigenvalue weighted by molar-refractivity contribution is 5.97. The summed E-state index contributed by atoms with van der Waals surface area (Å²) in [6.07, 6.45) is 1.48. The number of likely N-dealkylation sites (tertiary alicyclic amines) is 2. The van der Waals surface area contributed by atoms with Crippen LogP contribution in [0.2, 0.25) is 0 Å². The number of carbonyl (C=O) groups excluding carboxylic acids is 2. The van der Waals surface area contributed by atoms with Crippen molar-refractivity contribution in [2.45, 2.75) is 31.4 Å². The molecule has 158 valence electrons. The van der Waals surface area contributed by atoms with E-state index in [4.69, 9.17) is 0 Å². The monoisotopic (exact) mass is 410 g/mol. The summed E-state index contributed by atoms with van der Waals surface area (Å²) in [7, 11) is 0. The summed E-state index contributed by atoms with van der Waals surface area (Å²) in [6, 6.07) is 14.8. The highest BCUT2D eigenvalue weighted by Crippen LogP contribution is 2.27. The summed E-state index contributed by atoms with van der Waals surface area (Å²) >= 11 is 0. The van der Waals surface area contributed by atoms with Gasteiger partial charge in [-0.3, -0.25) is 14.5 Å². The molecule has 2 atom stereocenters. The lowest BCUT2D eigenvalue weighted by atomic mass is 9.87. The molecule has 1 amide bonds. The van der Waals surface area contributed by atoms with Crippen molar-refractivity contribution in [2.75, 3.05) is 26.2 Å². The molecule has 0 aromatic heterocycles. The standard InChI is InChI=1S/C24H27FN2O3/c25-20-8-6-17(7-9-20)23(29)18-10-13-26(14-11-18)21-16-27(15-12-22(21)28)24(30)19-4-2-1-3-5-19/h1-9,18,21-22,28H,10-16H2/t21-,22-/m1/s1. The lowest BCUT2D eigenvalue weighted by Crippen LogP contribution is -2.58. The molecule has 2 aromatic carbocycles. The number of halogens is 1. The molecule has 30 heavy (non-hydrogen) atoms. The number of ketones is 1. The van der Waals surface area contributed by atoms with Crippen molar-refractivity contribution in [2.24, 2.45) is 5.92 Å². The first-order chi connectivity index (χ1) is 14.5. The molecular weight excluding hydrogens is 383 g/mol. The van der Waals surface area contributed by atoms with Gasteiger partial charge in [0.15, 0.2) is 5.78 Å². The molecule has 0 aliphatic carbocycles. The molecule has 2 heterocycles. The second-order valence-corrected chi connectivity index (χ2v) is 8.22. The van der Waals surface area contributed by atoms with Gasteiger partial charge in [-0.2, -0.15) is 0 Å². The average Bonchev–Trinajstić information content (AvgIpc) is 2.80. The van der Waals surface area contributed by atoms with Crippen LogP contribution >= 0.6 is 0 Å². The van der Waals surface area contributed by atoms with Crippen molar-refractivity contribution in [3.05, 3.63) is 71.5 Å². The molecule has 1 N–H and O–H groups in total. The maximum Gasteiger partial charge on any atom is 0.253 e. The number of aliphatic hydroxyl groups excluding tert-OH is 1. The van der Waals surface area contributed by atoms with Crippen LogP contribution in [0.4, 0.5) is 4.39 Å². The van der Waals surface area contributed by atoms with Crippen LogP contribution in [0.15, 0.2) is 54.6 Å². The molecule has 0 saturated carbocycles. The van der Waals surface area contributed by atoms with Crippen LogP contribution in [0, 0.1) is 11.7 Å². The third-order valence-corrected chi connectivity index (χ3v) is 6.35. The maximum absolute atomic E-state index is 13.1. The zero-order valence-corrected chi connectivity index (χ0v) is 16.9. The zero-order chi connectivity index (χ0) is 21.1. The van der Waals surface area contributed by atoms with Crippen molar-refractivity contribution in [1.82, 2.24) is 9.80 Å². The van der Waals surface area contributed by atoms with Gasteiger partial charge >= 0.3 is 0 Å². The van der Waals surface area contributed by atoms with Gasteiger partial charge in [-0.1, -0.05) is 18.2 Å². The van der Waals surface area contributed by atoms with Crippen molar-refractivity contribution in [3.63, 3.8) is 0 Å². The molecule has 0 radical (unpaired) electrons. The number of piperidine rings is 2. The minimum atomic E-state index is -0.478. The topological polar surface area (TPSA) is 60.9 Å². The first kappa shape index (κ1) is 20.7. The number of amides is 1. The van der Waals surface area contributed by atoms with Gasteiger partial charge in [-0.15, -0.1) is 0 Å². The predicted molar refractivity (Wildman–Crippen MR) is 112 cm³/mol. The summed E-state index contributed by atoms with van der Waals surface area (Å²) < 4.78 is 13.1. The van der Waals surface area contributed by atoms with E-state index in [0.29, 0.717) is 56.6 Å². The third kappa shape index (κ3) is 4.45. The van der Waals surface area contributed by atoms with Crippen LogP contribution in [0.25, 0.3) is 0 Å². The Labute approximate surface area is 176 Å². The Morgan fingerprint density at radius 3 is 2.20 bits per heavy atom. The van der Waals surface area contributed by atoms with Gasteiger partial charge in [0.25, 0.3) is 5.91 Å². The zero-order valence-electron chi connectivity index (χ0n) is 16.9. The number of benzene rings is 2. The number of carbonyl (C=O) groups is 2. The summed E-state index contributed by atoms with van der Waals surface area (Å²) in [5, 5.41) is 10.6. The Bertz CT molecular complexity index is 879. The summed E-state index contributed by atoms with van der Waals surface area (Å²) in [5.74, 6) is -0.384. The lowest BCUT2D eigenvalue weighted by Gasteiger charge is -2.44. The minimum absolute atomic E-state index is 0.00567. The SMILES string of the molecule is O=C(c1ccc(F)cc1)C1CCN([C@@H]2CN(C(=O)c3ccccc3)CC[C@H]2O)CC1. The Balaban J connectivity index is 1.36. The van der Waals surface area contributed by atoms with Crippen LogP contribution in [0.1, 0.15) is 40.0 Å². The second-order valence-electron chi connectivity index (χ2n) is 8.22. The Morgan fingerprint density at radius 1 is 0.867 bits per heavy atom. The molecule has 2 fully saturated rings. The van der Waals surface area contributed by atoms with Crippen LogP contribution in [-0.4, -0.2) is 64.9 Å². The van der Waals surface area contributed by atoms with Gasteiger partial charge in [-0.25, -0.2) is 4.39 Å². The first-order valence-electron chi connectivity index (χ1n) is 10.6. The predicted octanol–water partition coefficient (Wildman–Crippen LogP) is 3.00. The highest BCUT2D eigenvalue weighted by atomic mass is 19.1. The Morgan fingerprint density at radius 2 is 1.53 bits per heavy atom. The molecule has 2 aliphatic rings.